The number of carbonyl (C=O) groups is 2. The summed E-state index contributed by atoms with van der Waals surface area (Å²) in [5.41, 5.74) is -1.84. The summed E-state index contributed by atoms with van der Waals surface area (Å²) >= 11 is 5.96. The number of carbonyl (C=O) groups excluding carboxylic acids is 2. The topological polar surface area (TPSA) is 76.1 Å². The lowest BCUT2D eigenvalue weighted by Crippen LogP contribution is -2.48. The summed E-state index contributed by atoms with van der Waals surface area (Å²) in [6.07, 6.45) is 0. The van der Waals surface area contributed by atoms with Crippen LogP contribution in [0.15, 0.2) is 12.1 Å². The van der Waals surface area contributed by atoms with Gasteiger partial charge >= 0.3 is 5.97 Å². The maximum Gasteiger partial charge on any atom is 0.353 e. The molecule has 20 heavy (non-hydrogen) atoms. The van der Waals surface area contributed by atoms with Gasteiger partial charge in [-0.1, -0.05) is 11.6 Å². The Bertz CT molecular complexity index is 617. The quantitative estimate of drug-likeness (QED) is 0.646. The number of hydrogen-bond acceptors (Lipinski definition) is 5. The van der Waals surface area contributed by atoms with Gasteiger partial charge in [-0.2, -0.15) is 0 Å². The van der Waals surface area contributed by atoms with Gasteiger partial charge in [0.2, 0.25) is 0 Å². The molecule has 0 aliphatic carbocycles. The van der Waals surface area contributed by atoms with Crippen molar-refractivity contribution in [3.8, 4) is 5.75 Å². The monoisotopic (exact) mass is 297 g/mol. The highest BCUT2D eigenvalue weighted by Gasteiger charge is 2.58. The van der Waals surface area contributed by atoms with E-state index in [0.29, 0.717) is 11.4 Å². The minimum Gasteiger partial charge on any atom is -0.489 e. The van der Waals surface area contributed by atoms with Gasteiger partial charge in [0.25, 0.3) is 11.5 Å². The first-order chi connectivity index (χ1) is 9.50. The number of nitrogens with zero attached hydrogens (tertiary/aromatic N) is 1. The van der Waals surface area contributed by atoms with Crippen molar-refractivity contribution in [2.24, 2.45) is 0 Å². The number of aliphatic hydroxyl groups is 1. The molecule has 0 radical (unpaired) electrons. The predicted molar refractivity (Wildman–Crippen MR) is 69.8 cm³/mol. The Hall–Kier alpha value is -1.79. The van der Waals surface area contributed by atoms with Crippen molar-refractivity contribution in [3.63, 3.8) is 0 Å². The molecule has 1 unspecified atom stereocenters. The van der Waals surface area contributed by atoms with E-state index in [1.165, 1.54) is 11.0 Å². The van der Waals surface area contributed by atoms with Crippen molar-refractivity contribution in [3.05, 3.63) is 22.7 Å². The highest BCUT2D eigenvalue weighted by atomic mass is 35.5. The number of anilines is 1. The lowest BCUT2D eigenvalue weighted by Gasteiger charge is -2.25. The van der Waals surface area contributed by atoms with Crippen molar-refractivity contribution >= 4 is 29.2 Å². The molecule has 3 rings (SSSR count). The molecule has 2 aliphatic rings. The van der Waals surface area contributed by atoms with E-state index in [1.54, 1.807) is 13.0 Å². The van der Waals surface area contributed by atoms with E-state index in [9.17, 15) is 14.7 Å². The van der Waals surface area contributed by atoms with Gasteiger partial charge in [-0.25, -0.2) is 4.79 Å². The zero-order valence-electron chi connectivity index (χ0n) is 10.7. The second-order valence-corrected chi connectivity index (χ2v) is 4.97. The minimum absolute atomic E-state index is 0.0632. The van der Waals surface area contributed by atoms with Crippen molar-refractivity contribution in [1.29, 1.82) is 0 Å². The summed E-state index contributed by atoms with van der Waals surface area (Å²) in [4.78, 5) is 25.8. The molecule has 0 fully saturated rings. The summed E-state index contributed by atoms with van der Waals surface area (Å²) in [7, 11) is 0. The molecule has 1 aromatic carbocycles. The fourth-order valence-electron chi connectivity index (χ4n) is 2.54. The van der Waals surface area contributed by atoms with Crippen molar-refractivity contribution in [1.82, 2.24) is 0 Å². The van der Waals surface area contributed by atoms with Crippen molar-refractivity contribution < 1.29 is 24.2 Å². The molecule has 0 bridgehead atoms. The average Bonchev–Trinajstić information content (AvgIpc) is 2.64. The maximum atomic E-state index is 12.4. The molecular formula is C13H12ClNO5. The maximum absolute atomic E-state index is 12.4. The van der Waals surface area contributed by atoms with Gasteiger partial charge in [-0.15, -0.1) is 0 Å². The van der Waals surface area contributed by atoms with Crippen LogP contribution in [0, 0.1) is 0 Å². The summed E-state index contributed by atoms with van der Waals surface area (Å²) in [5, 5.41) is 10.9. The summed E-state index contributed by atoms with van der Waals surface area (Å²) in [5.74, 6) is -1.34. The summed E-state index contributed by atoms with van der Waals surface area (Å²) < 4.78 is 10.3. The van der Waals surface area contributed by atoms with E-state index in [1.807, 2.05) is 0 Å². The van der Waals surface area contributed by atoms with Gasteiger partial charge in [0.05, 0.1) is 18.8 Å². The van der Waals surface area contributed by atoms with E-state index < -0.39 is 17.5 Å². The Morgan fingerprint density at radius 1 is 1.60 bits per heavy atom. The van der Waals surface area contributed by atoms with Gasteiger partial charge in [-0.3, -0.25) is 4.79 Å². The normalized spacial score (nSPS) is 23.4. The van der Waals surface area contributed by atoms with Crippen LogP contribution in [0.2, 0.25) is 5.02 Å². The molecule has 1 aromatic rings. The first-order valence-electron chi connectivity index (χ1n) is 6.18. The number of hydrogen-bond donors (Lipinski definition) is 1. The Kier molecular flexibility index (Phi) is 2.88. The average molecular weight is 298 g/mol. The Morgan fingerprint density at radius 3 is 3.05 bits per heavy atom. The summed E-state index contributed by atoms with van der Waals surface area (Å²) in [6.45, 7) is 2.21. The molecule has 0 spiro atoms. The number of halogens is 1. The first-order valence-corrected chi connectivity index (χ1v) is 6.56. The molecule has 106 valence electrons. The number of amides is 1. The standard InChI is InChI=1S/C13H12ClNO5/c1-2-19-12(17)13(18)8-5-7(14)6-9-10(8)15(11(13)16)3-4-20-9/h5-6,18H,2-4H2,1H3. The molecular weight excluding hydrogens is 286 g/mol. The molecule has 6 nitrogen and oxygen atoms in total. The minimum atomic E-state index is -2.35. The Balaban J connectivity index is 2.22. The molecule has 0 saturated heterocycles. The van der Waals surface area contributed by atoms with E-state index in [0.717, 1.165) is 0 Å². The number of benzene rings is 1. The van der Waals surface area contributed by atoms with Gasteiger partial charge in [-0.05, 0) is 13.0 Å². The van der Waals surface area contributed by atoms with Crippen LogP contribution in [0.25, 0.3) is 0 Å². The van der Waals surface area contributed by atoms with Crippen molar-refractivity contribution in [2.75, 3.05) is 24.7 Å². The van der Waals surface area contributed by atoms with E-state index >= 15 is 0 Å². The smallest absolute Gasteiger partial charge is 0.353 e. The van der Waals surface area contributed by atoms with Crippen LogP contribution in [0.1, 0.15) is 12.5 Å². The van der Waals surface area contributed by atoms with Crippen LogP contribution in [0.5, 0.6) is 5.75 Å². The lowest BCUT2D eigenvalue weighted by atomic mass is 9.95. The van der Waals surface area contributed by atoms with E-state index in [4.69, 9.17) is 21.1 Å². The zero-order valence-corrected chi connectivity index (χ0v) is 11.4. The van der Waals surface area contributed by atoms with Crippen LogP contribution in [0.3, 0.4) is 0 Å². The fourth-order valence-corrected chi connectivity index (χ4v) is 2.75. The van der Waals surface area contributed by atoms with Crippen molar-refractivity contribution in [2.45, 2.75) is 12.5 Å². The summed E-state index contributed by atoms with van der Waals surface area (Å²) in [6, 6.07) is 2.95. The van der Waals surface area contributed by atoms with Crippen LogP contribution >= 0.6 is 11.6 Å². The third-order valence-corrected chi connectivity index (χ3v) is 3.62. The second-order valence-electron chi connectivity index (χ2n) is 4.54. The molecule has 2 aliphatic heterocycles. The van der Waals surface area contributed by atoms with Gasteiger partial charge in [0, 0.05) is 16.7 Å². The molecule has 0 aromatic heterocycles. The second kappa shape index (κ2) is 4.36. The van der Waals surface area contributed by atoms with Gasteiger partial charge in [0.15, 0.2) is 0 Å². The van der Waals surface area contributed by atoms with E-state index in [2.05, 4.69) is 0 Å². The number of esters is 1. The largest absolute Gasteiger partial charge is 0.489 e. The van der Waals surface area contributed by atoms with Crippen LogP contribution in [-0.4, -0.2) is 36.7 Å². The molecule has 1 atom stereocenters. The fraction of sp³-hybridized carbons (Fsp3) is 0.385. The van der Waals surface area contributed by atoms with E-state index in [-0.39, 0.29) is 30.3 Å². The Labute approximate surface area is 119 Å². The number of rotatable bonds is 2. The third kappa shape index (κ3) is 1.55. The molecule has 0 saturated carbocycles. The SMILES string of the molecule is CCOC(=O)C1(O)C(=O)N2CCOc3cc(Cl)cc1c32. The zero-order chi connectivity index (χ0) is 14.5. The van der Waals surface area contributed by atoms with Gasteiger partial charge < -0.3 is 19.5 Å². The molecule has 2 heterocycles. The van der Waals surface area contributed by atoms with Crippen LogP contribution in [-0.2, 0) is 19.9 Å². The highest BCUT2D eigenvalue weighted by Crippen LogP contribution is 2.49. The molecule has 1 N–H and O–H groups in total. The third-order valence-electron chi connectivity index (χ3n) is 3.40. The first kappa shape index (κ1) is 13.2. The number of ether oxygens (including phenoxy) is 2. The highest BCUT2D eigenvalue weighted by molar-refractivity contribution is 6.31. The van der Waals surface area contributed by atoms with Crippen LogP contribution < -0.4 is 9.64 Å². The predicted octanol–water partition coefficient (Wildman–Crippen LogP) is 0.830. The molecule has 1 amide bonds. The lowest BCUT2D eigenvalue weighted by molar-refractivity contribution is -0.170. The Morgan fingerprint density at radius 2 is 2.35 bits per heavy atom. The van der Waals surface area contributed by atoms with Gasteiger partial charge in [0.1, 0.15) is 12.4 Å². The van der Waals surface area contributed by atoms with Crippen LogP contribution in [0.4, 0.5) is 5.69 Å². The molecule has 7 heteroatoms.